The number of H-pyrrole nitrogens is 1. The molecule has 1 aliphatic rings. The fourth-order valence-electron chi connectivity index (χ4n) is 1.88. The number of aliphatic hydroxyl groups excluding tert-OH is 1. The van der Waals surface area contributed by atoms with Crippen LogP contribution >= 0.6 is 0 Å². The van der Waals surface area contributed by atoms with Gasteiger partial charge in [-0.1, -0.05) is 0 Å². The van der Waals surface area contributed by atoms with Gasteiger partial charge in [0.25, 0.3) is 0 Å². The molecule has 0 spiro atoms. The summed E-state index contributed by atoms with van der Waals surface area (Å²) < 4.78 is 5.22. The van der Waals surface area contributed by atoms with Crippen LogP contribution in [0.1, 0.15) is 6.42 Å². The quantitative estimate of drug-likeness (QED) is 0.393. The zero-order valence-electron chi connectivity index (χ0n) is 9.83. The molecule has 10 nitrogen and oxygen atoms in total. The summed E-state index contributed by atoms with van der Waals surface area (Å²) in [7, 11) is 0. The fourth-order valence-corrected chi connectivity index (χ4v) is 1.88. The number of aromatic nitrogens is 2. The van der Waals surface area contributed by atoms with E-state index in [0.29, 0.717) is 6.42 Å². The number of nitrogens with two attached hydrogens (primary N) is 1. The predicted octanol–water partition coefficient (Wildman–Crippen LogP) is -1.18. The molecule has 1 aliphatic heterocycles. The molecule has 1 saturated heterocycles. The van der Waals surface area contributed by atoms with E-state index < -0.39 is 16.2 Å². The molecule has 2 heterocycles. The first-order chi connectivity index (χ1) is 9.01. The van der Waals surface area contributed by atoms with Gasteiger partial charge in [0.1, 0.15) is 0 Å². The van der Waals surface area contributed by atoms with Crippen LogP contribution in [0.3, 0.4) is 0 Å². The van der Waals surface area contributed by atoms with Crippen molar-refractivity contribution in [3.05, 3.63) is 20.5 Å². The normalized spacial score (nSPS) is 22.4. The molecule has 2 atom stereocenters. The number of aromatic amines is 1. The average Bonchev–Trinajstić information content (AvgIpc) is 2.75. The SMILES string of the molecule is Nc1nc(N[C@H]2CO[C@@H](CO)C2)c([N+](=O)[O-])c(=O)[nH]1. The molecule has 19 heavy (non-hydrogen) atoms. The van der Waals surface area contributed by atoms with E-state index in [4.69, 9.17) is 15.6 Å². The second kappa shape index (κ2) is 5.20. The minimum atomic E-state index is -0.919. The molecule has 1 fully saturated rings. The van der Waals surface area contributed by atoms with Gasteiger partial charge in [-0.05, 0) is 6.42 Å². The lowest BCUT2D eigenvalue weighted by Crippen LogP contribution is -2.25. The summed E-state index contributed by atoms with van der Waals surface area (Å²) in [5.41, 5.74) is 3.74. The number of rotatable bonds is 4. The van der Waals surface area contributed by atoms with Crippen molar-refractivity contribution in [2.45, 2.75) is 18.6 Å². The molecule has 0 radical (unpaired) electrons. The van der Waals surface area contributed by atoms with E-state index in [1.807, 2.05) is 0 Å². The maximum atomic E-state index is 11.5. The van der Waals surface area contributed by atoms with Gasteiger partial charge < -0.3 is 20.9 Å². The lowest BCUT2D eigenvalue weighted by atomic mass is 10.2. The van der Waals surface area contributed by atoms with Crippen molar-refractivity contribution in [3.63, 3.8) is 0 Å². The topological polar surface area (TPSA) is 156 Å². The third-order valence-electron chi connectivity index (χ3n) is 2.72. The molecule has 1 aromatic rings. The second-order valence-corrected chi connectivity index (χ2v) is 4.12. The Labute approximate surface area is 106 Å². The molecule has 0 unspecified atom stereocenters. The number of nitrogens with zero attached hydrogens (tertiary/aromatic N) is 2. The van der Waals surface area contributed by atoms with E-state index >= 15 is 0 Å². The molecule has 1 aromatic heterocycles. The minimum absolute atomic E-state index is 0.134. The number of nitro groups is 1. The third-order valence-corrected chi connectivity index (χ3v) is 2.72. The van der Waals surface area contributed by atoms with E-state index in [1.165, 1.54) is 0 Å². The molecule has 2 rings (SSSR count). The highest BCUT2D eigenvalue weighted by Crippen LogP contribution is 2.22. The van der Waals surface area contributed by atoms with Gasteiger partial charge in [-0.3, -0.25) is 19.9 Å². The molecule has 0 aliphatic carbocycles. The molecule has 0 amide bonds. The van der Waals surface area contributed by atoms with Crippen LogP contribution in [0.15, 0.2) is 4.79 Å². The molecule has 0 bridgehead atoms. The largest absolute Gasteiger partial charge is 0.394 e. The number of nitrogen functional groups attached to an aromatic ring is 1. The maximum Gasteiger partial charge on any atom is 0.375 e. The molecule has 104 valence electrons. The van der Waals surface area contributed by atoms with Crippen molar-refractivity contribution in [3.8, 4) is 0 Å². The second-order valence-electron chi connectivity index (χ2n) is 4.12. The van der Waals surface area contributed by atoms with Crippen molar-refractivity contribution >= 4 is 17.5 Å². The third kappa shape index (κ3) is 2.80. The summed E-state index contributed by atoms with van der Waals surface area (Å²) in [6.07, 6.45) is 0.137. The van der Waals surface area contributed by atoms with Gasteiger partial charge in [0, 0.05) is 0 Å². The first-order valence-corrected chi connectivity index (χ1v) is 5.54. The van der Waals surface area contributed by atoms with Crippen molar-refractivity contribution in [1.82, 2.24) is 9.97 Å². The zero-order valence-corrected chi connectivity index (χ0v) is 9.83. The smallest absolute Gasteiger partial charge is 0.375 e. The highest BCUT2D eigenvalue weighted by Gasteiger charge is 2.29. The Morgan fingerprint density at radius 3 is 3.00 bits per heavy atom. The van der Waals surface area contributed by atoms with E-state index in [0.717, 1.165) is 0 Å². The number of ether oxygens (including phenoxy) is 1. The maximum absolute atomic E-state index is 11.5. The predicted molar refractivity (Wildman–Crippen MR) is 64.8 cm³/mol. The van der Waals surface area contributed by atoms with Gasteiger partial charge in [0.15, 0.2) is 0 Å². The number of hydrogen-bond acceptors (Lipinski definition) is 8. The van der Waals surface area contributed by atoms with Crippen LogP contribution in [0.2, 0.25) is 0 Å². The van der Waals surface area contributed by atoms with Crippen LogP contribution in [0.5, 0.6) is 0 Å². The van der Waals surface area contributed by atoms with Gasteiger partial charge in [-0.25, -0.2) is 0 Å². The van der Waals surface area contributed by atoms with E-state index in [9.17, 15) is 14.9 Å². The van der Waals surface area contributed by atoms with Crippen molar-refractivity contribution in [2.24, 2.45) is 0 Å². The highest BCUT2D eigenvalue weighted by atomic mass is 16.6. The van der Waals surface area contributed by atoms with Crippen LogP contribution < -0.4 is 16.6 Å². The Kier molecular flexibility index (Phi) is 3.62. The van der Waals surface area contributed by atoms with Crippen LogP contribution in [0.4, 0.5) is 17.5 Å². The summed E-state index contributed by atoms with van der Waals surface area (Å²) in [4.78, 5) is 27.3. The molecule has 5 N–H and O–H groups in total. The van der Waals surface area contributed by atoms with Gasteiger partial charge >= 0.3 is 11.2 Å². The standard InChI is InChI=1S/C9H13N5O5/c10-9-12-7(6(14(17)18)8(16)13-9)11-4-1-5(2-15)19-3-4/h4-5,15H,1-3H2,(H4,10,11,12,13,16)/t4-,5-/m1/s1. The Morgan fingerprint density at radius 1 is 1.68 bits per heavy atom. The first kappa shape index (κ1) is 13.2. The molecule has 0 saturated carbocycles. The summed E-state index contributed by atoms with van der Waals surface area (Å²) in [5, 5.41) is 22.5. The van der Waals surface area contributed by atoms with E-state index in [1.54, 1.807) is 0 Å². The summed E-state index contributed by atoms with van der Waals surface area (Å²) in [5.74, 6) is -0.408. The van der Waals surface area contributed by atoms with Gasteiger partial charge in [0.2, 0.25) is 11.8 Å². The first-order valence-electron chi connectivity index (χ1n) is 5.54. The van der Waals surface area contributed by atoms with Crippen LogP contribution in [0.25, 0.3) is 0 Å². The van der Waals surface area contributed by atoms with Crippen molar-refractivity contribution < 1.29 is 14.8 Å². The molecular weight excluding hydrogens is 258 g/mol. The Balaban J connectivity index is 2.25. The highest BCUT2D eigenvalue weighted by molar-refractivity contribution is 5.56. The van der Waals surface area contributed by atoms with Crippen LogP contribution in [0, 0.1) is 10.1 Å². The lowest BCUT2D eigenvalue weighted by molar-refractivity contribution is -0.385. The Bertz CT molecular complexity index is 544. The van der Waals surface area contributed by atoms with Crippen LogP contribution in [-0.2, 0) is 4.74 Å². The Morgan fingerprint density at radius 2 is 2.42 bits per heavy atom. The van der Waals surface area contributed by atoms with E-state index in [2.05, 4.69) is 15.3 Å². The van der Waals surface area contributed by atoms with Gasteiger partial charge in [-0.15, -0.1) is 0 Å². The fraction of sp³-hybridized carbons (Fsp3) is 0.556. The van der Waals surface area contributed by atoms with Crippen molar-refractivity contribution in [1.29, 1.82) is 0 Å². The number of hydrogen-bond donors (Lipinski definition) is 4. The van der Waals surface area contributed by atoms with E-state index in [-0.39, 0.29) is 37.1 Å². The van der Waals surface area contributed by atoms with Crippen molar-refractivity contribution in [2.75, 3.05) is 24.3 Å². The number of aliphatic hydroxyl groups is 1. The zero-order chi connectivity index (χ0) is 14.0. The summed E-state index contributed by atoms with van der Waals surface area (Å²) >= 11 is 0. The molecule has 10 heteroatoms. The van der Waals surface area contributed by atoms with Gasteiger partial charge in [-0.2, -0.15) is 4.98 Å². The summed E-state index contributed by atoms with van der Waals surface area (Å²) in [6.45, 7) is 0.127. The lowest BCUT2D eigenvalue weighted by Gasteiger charge is -2.11. The Hall–Kier alpha value is -2.20. The van der Waals surface area contributed by atoms with Crippen LogP contribution in [-0.4, -0.2) is 45.4 Å². The monoisotopic (exact) mass is 271 g/mol. The number of anilines is 2. The van der Waals surface area contributed by atoms with Gasteiger partial charge in [0.05, 0.1) is 30.3 Å². The average molecular weight is 271 g/mol. The number of nitrogens with one attached hydrogen (secondary N) is 2. The molecular formula is C9H13N5O5. The molecule has 0 aromatic carbocycles. The minimum Gasteiger partial charge on any atom is -0.394 e. The summed E-state index contributed by atoms with van der Waals surface area (Å²) in [6, 6.07) is -0.274.